The molecule has 0 aliphatic carbocycles. The second kappa shape index (κ2) is 44.9. The van der Waals surface area contributed by atoms with Gasteiger partial charge in [-0.1, -0.05) is 284 Å². The molecule has 0 unspecified atom stereocenters. The molecule has 0 atom stereocenters. The maximum Gasteiger partial charge on any atom is 0.255 e. The van der Waals surface area contributed by atoms with Gasteiger partial charge in [0, 0.05) is 67.4 Å². The van der Waals surface area contributed by atoms with Gasteiger partial charge in [-0.25, -0.2) is 15.0 Å². The van der Waals surface area contributed by atoms with E-state index in [0.29, 0.717) is 38.5 Å². The first-order valence-corrected chi connectivity index (χ1v) is 39.1. The van der Waals surface area contributed by atoms with E-state index in [1.807, 2.05) is 309 Å². The molecule has 15 aromatic rings. The van der Waals surface area contributed by atoms with Crippen LogP contribution >= 0.6 is 34.8 Å². The first kappa shape index (κ1) is 84.6. The third-order valence-electron chi connectivity index (χ3n) is 18.1. The van der Waals surface area contributed by atoms with E-state index in [2.05, 4.69) is 67.3 Å². The molecule has 0 fully saturated rings. The number of halogens is 3. The number of hydrogen-bond donors (Lipinski definition) is 5. The van der Waals surface area contributed by atoms with E-state index in [9.17, 15) is 19.2 Å². The number of benzene rings is 15. The molecule has 15 aromatic carbocycles. The van der Waals surface area contributed by atoms with E-state index in [1.165, 1.54) is 33.4 Å². The highest BCUT2D eigenvalue weighted by atomic mass is 35.5. The van der Waals surface area contributed by atoms with Crippen LogP contribution < -0.4 is 27.4 Å². The first-order valence-electron chi connectivity index (χ1n) is 37.9. The number of nitrogens with two attached hydrogens (primary N) is 2. The molecule has 0 saturated carbocycles. The average Bonchev–Trinajstić information content (AvgIpc) is 0.860. The van der Waals surface area contributed by atoms with Gasteiger partial charge >= 0.3 is 0 Å². The van der Waals surface area contributed by atoms with Crippen molar-refractivity contribution in [3.63, 3.8) is 0 Å². The number of aliphatic imine (C=N–C) groups is 3. The average molecular weight is 1610 g/mol. The molecule has 0 aliphatic heterocycles. The summed E-state index contributed by atoms with van der Waals surface area (Å²) in [7, 11) is 1.63. The predicted octanol–water partition coefficient (Wildman–Crippen LogP) is 24.5. The van der Waals surface area contributed by atoms with Gasteiger partial charge in [-0.3, -0.25) is 19.2 Å². The van der Waals surface area contributed by atoms with Crippen LogP contribution in [0.5, 0.6) is 0 Å². The monoisotopic (exact) mass is 1610 g/mol. The van der Waals surface area contributed by atoms with Gasteiger partial charge in [-0.2, -0.15) is 0 Å². The number of hydrogen-bond acceptors (Lipinski definition) is 10. The quantitative estimate of drug-likeness (QED) is 0.0204. The number of carbonyl (C=O) groups excluding carboxylic acids is 4. The number of amides is 3. The number of carbonyl (C=O) groups is 4. The van der Waals surface area contributed by atoms with Crippen LogP contribution in [0.3, 0.4) is 0 Å². The number of rotatable bonds is 21. The maximum atomic E-state index is 12.3. The molecule has 0 spiro atoms. The van der Waals surface area contributed by atoms with E-state index < -0.39 is 5.24 Å². The SMILES string of the molecule is COC(=Nc1ccc(Cc2ccc(NC(=O)c3ccccc3)cc2)cc1)c1ccccc1.ClC(=Nc1ccc(Cc2ccc(N=C(Cl)c3ccccc3)cc2)cc1)c1ccccc1.Nc1ccc(Cc2ccc(N)cc2)cc1.O=C(Cl)c1ccccc1.O=C(Nc1ccc(Cc2ccc(NC(=O)c3ccccc3)cc2)cc1)c1ccccc1. The molecule has 0 aliphatic rings. The number of nitrogens with one attached hydrogen (secondary N) is 3. The van der Waals surface area contributed by atoms with Crippen molar-refractivity contribution < 1.29 is 23.9 Å². The maximum absolute atomic E-state index is 12.3. The fourth-order valence-corrected chi connectivity index (χ4v) is 12.4. The standard InChI is InChI=1S/C28H24N2O2.C27H20Cl2N2.C27H22N2O2.C13H14N2.C7H5ClO/c1-32-28(24-10-6-3-7-11-24)30-26-18-14-22(15-19-26)20-21-12-16-25(17-13-21)29-27(31)23-8-4-2-5-9-23;28-26(22-7-3-1-4-8-22)30-24-15-11-20(12-16-24)19-21-13-17-25(18-14-21)31-27(29)23-9-5-2-6-10-23;30-26(22-7-3-1-4-8-22)28-24-15-11-20(12-16-24)19-21-13-17-25(18-14-21)29-27(31)23-9-5-2-6-10-23;14-12-5-1-10(2-6-12)9-11-3-7-13(15)8-4-11;8-7(9)6-4-2-1-3-5-6/h2-19H,20H2,1H3,(H,29,31);1-18H,19H2;1-18H,19H2,(H,28,30)(H,29,31);1-8H,9,14-15H2;1-5H. The van der Waals surface area contributed by atoms with Crippen molar-refractivity contribution in [1.29, 1.82) is 0 Å². The van der Waals surface area contributed by atoms with Gasteiger partial charge in [0.15, 0.2) is 0 Å². The lowest BCUT2D eigenvalue weighted by Crippen LogP contribution is -2.11. The summed E-state index contributed by atoms with van der Waals surface area (Å²) in [4.78, 5) is 60.8. The molecular weight excluding hydrogens is 1520 g/mol. The van der Waals surface area contributed by atoms with Crippen LogP contribution in [0.1, 0.15) is 103 Å². The Bertz CT molecular complexity index is 5490. The van der Waals surface area contributed by atoms with Crippen LogP contribution in [0.4, 0.5) is 45.5 Å². The summed E-state index contributed by atoms with van der Waals surface area (Å²) in [5.74, 6) is 0.231. The molecule has 15 rings (SSSR count). The molecule has 3 amide bonds. The molecule has 0 saturated heterocycles. The second-order valence-electron chi connectivity index (χ2n) is 26.9. The number of methoxy groups -OCH3 is 1. The zero-order valence-electron chi connectivity index (χ0n) is 64.7. The minimum absolute atomic E-state index is 0.111. The molecule has 13 nitrogen and oxygen atoms in total. The summed E-state index contributed by atoms with van der Waals surface area (Å²) in [6, 6.07) is 129. The number of anilines is 5. The van der Waals surface area contributed by atoms with Crippen molar-refractivity contribution in [2.75, 3.05) is 34.5 Å². The summed E-state index contributed by atoms with van der Waals surface area (Å²) in [5.41, 5.74) is 32.4. The highest BCUT2D eigenvalue weighted by Gasteiger charge is 2.12. The van der Waals surface area contributed by atoms with E-state index in [0.717, 1.165) is 99.0 Å². The third-order valence-corrected chi connectivity index (χ3v) is 18.9. The molecule has 118 heavy (non-hydrogen) atoms. The van der Waals surface area contributed by atoms with Crippen molar-refractivity contribution in [3.05, 3.63) is 490 Å². The Morgan fingerprint density at radius 3 is 0.686 bits per heavy atom. The zero-order valence-corrected chi connectivity index (χ0v) is 67.0. The number of nitrogens with zero attached hydrogens (tertiary/aromatic N) is 3. The summed E-state index contributed by atoms with van der Waals surface area (Å²) in [5, 5.41) is 9.31. The molecule has 16 heteroatoms. The third kappa shape index (κ3) is 28.0. The number of nitrogen functional groups attached to an aromatic ring is 2. The normalized spacial score (nSPS) is 10.9. The Morgan fingerprint density at radius 1 is 0.254 bits per heavy atom. The molecule has 584 valence electrons. The lowest BCUT2D eigenvalue weighted by atomic mass is 10.0. The smallest absolute Gasteiger partial charge is 0.255 e. The molecule has 0 bridgehead atoms. The van der Waals surface area contributed by atoms with Crippen LogP contribution in [0, 0.1) is 0 Å². The lowest BCUT2D eigenvalue weighted by molar-refractivity contribution is 0.101. The van der Waals surface area contributed by atoms with Crippen molar-refractivity contribution in [2.24, 2.45) is 15.0 Å². The number of ether oxygens (including phenoxy) is 1. The van der Waals surface area contributed by atoms with Crippen LogP contribution in [0.15, 0.2) is 421 Å². The molecule has 0 heterocycles. The predicted molar refractivity (Wildman–Crippen MR) is 488 cm³/mol. The second-order valence-corrected chi connectivity index (χ2v) is 28.0. The fourth-order valence-electron chi connectivity index (χ4n) is 11.8. The highest BCUT2D eigenvalue weighted by molar-refractivity contribution is 6.70. The van der Waals surface area contributed by atoms with Crippen molar-refractivity contribution in [2.45, 2.75) is 25.7 Å². The van der Waals surface area contributed by atoms with Gasteiger partial charge < -0.3 is 32.2 Å². The van der Waals surface area contributed by atoms with Gasteiger partial charge in [0.1, 0.15) is 10.3 Å². The highest BCUT2D eigenvalue weighted by Crippen LogP contribution is 2.25. The van der Waals surface area contributed by atoms with E-state index in [-0.39, 0.29) is 17.7 Å². The minimum Gasteiger partial charge on any atom is -0.481 e. The van der Waals surface area contributed by atoms with E-state index in [4.69, 9.17) is 51.0 Å². The van der Waals surface area contributed by atoms with Gasteiger partial charge in [-0.15, -0.1) is 0 Å². The summed E-state index contributed by atoms with van der Waals surface area (Å²) < 4.78 is 5.45. The molecular formula is C102H85Cl3N8O5. The van der Waals surface area contributed by atoms with E-state index in [1.54, 1.807) is 67.8 Å². The van der Waals surface area contributed by atoms with Gasteiger partial charge in [-0.05, 0) is 227 Å². The Morgan fingerprint density at radius 2 is 0.458 bits per heavy atom. The van der Waals surface area contributed by atoms with E-state index >= 15 is 0 Å². The van der Waals surface area contributed by atoms with Gasteiger partial charge in [0.25, 0.3) is 23.0 Å². The largest absolute Gasteiger partial charge is 0.481 e. The summed E-state index contributed by atoms with van der Waals surface area (Å²) in [6.07, 6.45) is 3.31. The van der Waals surface area contributed by atoms with Gasteiger partial charge in [0.2, 0.25) is 5.90 Å². The van der Waals surface area contributed by atoms with Crippen molar-refractivity contribution >= 4 is 120 Å². The zero-order chi connectivity index (χ0) is 82.5. The topological polar surface area (TPSA) is 203 Å². The van der Waals surface area contributed by atoms with Crippen molar-refractivity contribution in [3.8, 4) is 0 Å². The molecule has 7 N–H and O–H groups in total. The first-order chi connectivity index (χ1) is 57.6. The Kier molecular flexibility index (Phi) is 32.2. The fraction of sp³-hybridized carbons (Fsp3) is 0.0490. The van der Waals surface area contributed by atoms with Crippen molar-refractivity contribution in [1.82, 2.24) is 0 Å². The van der Waals surface area contributed by atoms with Gasteiger partial charge in [0.05, 0.1) is 24.2 Å². The molecule has 0 aromatic heterocycles. The van der Waals surface area contributed by atoms with Crippen LogP contribution in [0.2, 0.25) is 0 Å². The Balaban J connectivity index is 0.000000152. The Labute approximate surface area is 703 Å². The van der Waals surface area contributed by atoms with Crippen LogP contribution in [-0.2, 0) is 30.4 Å². The molecule has 0 radical (unpaired) electrons. The van der Waals surface area contributed by atoms with Crippen LogP contribution in [0.25, 0.3) is 0 Å². The minimum atomic E-state index is -0.407. The lowest BCUT2D eigenvalue weighted by Gasteiger charge is -2.08. The summed E-state index contributed by atoms with van der Waals surface area (Å²) >= 11 is 17.8. The van der Waals surface area contributed by atoms with Crippen LogP contribution in [-0.4, -0.2) is 46.3 Å². The summed E-state index contributed by atoms with van der Waals surface area (Å²) in [6.45, 7) is 0. The Hall–Kier alpha value is -14.3.